The first-order chi connectivity index (χ1) is 7.91. The van der Waals surface area contributed by atoms with Gasteiger partial charge in [0.1, 0.15) is 0 Å². The second-order valence-corrected chi connectivity index (χ2v) is 6.85. The lowest BCUT2D eigenvalue weighted by molar-refractivity contribution is 0.214. The van der Waals surface area contributed by atoms with Crippen molar-refractivity contribution in [3.8, 4) is 0 Å². The van der Waals surface area contributed by atoms with Crippen LogP contribution in [0.3, 0.4) is 0 Å². The minimum atomic E-state index is -3.33. The second kappa shape index (κ2) is 6.13. The topological polar surface area (TPSA) is 66.6 Å². The Bertz CT molecular complexity index is 330. The zero-order valence-electron chi connectivity index (χ0n) is 11.1. The molecule has 0 aliphatic carbocycles. The third-order valence-corrected chi connectivity index (χ3v) is 5.35. The van der Waals surface area contributed by atoms with E-state index in [-0.39, 0.29) is 12.1 Å². The molecular formula is C11H25N3O2S. The molecule has 0 bridgehead atoms. The molecule has 1 saturated heterocycles. The predicted octanol–water partition coefficient (Wildman–Crippen LogP) is 0.775. The lowest BCUT2D eigenvalue weighted by Crippen LogP contribution is -2.55. The lowest BCUT2D eigenvalue weighted by atomic mass is 10.00. The molecule has 5 nitrogen and oxygen atoms in total. The molecule has 0 saturated carbocycles. The van der Waals surface area contributed by atoms with E-state index < -0.39 is 10.2 Å². The molecule has 1 aliphatic rings. The Morgan fingerprint density at radius 1 is 1.47 bits per heavy atom. The monoisotopic (exact) mass is 263 g/mol. The van der Waals surface area contributed by atoms with Crippen LogP contribution in [0.25, 0.3) is 0 Å². The molecule has 0 aromatic heterocycles. The maximum Gasteiger partial charge on any atom is 0.282 e. The van der Waals surface area contributed by atoms with Gasteiger partial charge < -0.3 is 5.73 Å². The van der Waals surface area contributed by atoms with Crippen molar-refractivity contribution in [2.24, 2.45) is 5.73 Å². The van der Waals surface area contributed by atoms with Crippen LogP contribution in [0.15, 0.2) is 0 Å². The third-order valence-electron chi connectivity index (χ3n) is 3.33. The molecule has 1 fully saturated rings. The fourth-order valence-corrected chi connectivity index (χ4v) is 4.12. The Labute approximate surface area is 105 Å². The minimum absolute atomic E-state index is 0.0481. The summed E-state index contributed by atoms with van der Waals surface area (Å²) < 4.78 is 27.8. The molecule has 6 heteroatoms. The van der Waals surface area contributed by atoms with Crippen molar-refractivity contribution >= 4 is 10.2 Å². The molecule has 0 spiro atoms. The summed E-state index contributed by atoms with van der Waals surface area (Å²) in [6.07, 6.45) is 3.70. The number of nitrogens with zero attached hydrogens (tertiary/aromatic N) is 2. The van der Waals surface area contributed by atoms with Crippen LogP contribution in [-0.2, 0) is 10.2 Å². The van der Waals surface area contributed by atoms with Crippen LogP contribution in [0.5, 0.6) is 0 Å². The van der Waals surface area contributed by atoms with Gasteiger partial charge in [-0.2, -0.15) is 17.0 Å². The van der Waals surface area contributed by atoms with Gasteiger partial charge in [-0.05, 0) is 26.2 Å². The van der Waals surface area contributed by atoms with Gasteiger partial charge in [-0.1, -0.05) is 13.3 Å². The highest BCUT2D eigenvalue weighted by Gasteiger charge is 2.36. The molecule has 2 unspecified atom stereocenters. The number of hydrogen-bond acceptors (Lipinski definition) is 3. The second-order valence-electron chi connectivity index (χ2n) is 4.86. The van der Waals surface area contributed by atoms with Gasteiger partial charge in [-0.25, -0.2) is 0 Å². The van der Waals surface area contributed by atoms with Crippen LogP contribution in [-0.4, -0.2) is 49.2 Å². The highest BCUT2D eigenvalue weighted by molar-refractivity contribution is 7.86. The first-order valence-electron chi connectivity index (χ1n) is 6.40. The van der Waals surface area contributed by atoms with E-state index >= 15 is 0 Å². The van der Waals surface area contributed by atoms with Crippen LogP contribution < -0.4 is 5.73 Å². The average Bonchev–Trinajstić information content (AvgIpc) is 2.29. The van der Waals surface area contributed by atoms with E-state index in [1.165, 1.54) is 4.31 Å². The Kier molecular flexibility index (Phi) is 5.37. The van der Waals surface area contributed by atoms with E-state index in [2.05, 4.69) is 0 Å². The first-order valence-corrected chi connectivity index (χ1v) is 7.79. The quantitative estimate of drug-likeness (QED) is 0.797. The number of hydrogen-bond donors (Lipinski definition) is 1. The fourth-order valence-electron chi connectivity index (χ4n) is 2.35. The molecule has 0 amide bonds. The molecule has 0 radical (unpaired) electrons. The van der Waals surface area contributed by atoms with Gasteiger partial charge in [0.25, 0.3) is 10.2 Å². The predicted molar refractivity (Wildman–Crippen MR) is 69.8 cm³/mol. The van der Waals surface area contributed by atoms with Gasteiger partial charge in [0, 0.05) is 32.2 Å². The van der Waals surface area contributed by atoms with Gasteiger partial charge in [-0.3, -0.25) is 0 Å². The molecular weight excluding hydrogens is 238 g/mol. The van der Waals surface area contributed by atoms with Gasteiger partial charge in [0.2, 0.25) is 0 Å². The standard InChI is InChI=1S/C11H25N3O2S/c1-4-8-13(3)17(15,16)14-9-6-5-7-11(14)10(2)12/h10-11H,4-9,12H2,1-3H3. The summed E-state index contributed by atoms with van der Waals surface area (Å²) in [4.78, 5) is 0. The van der Waals surface area contributed by atoms with E-state index in [0.29, 0.717) is 13.1 Å². The Balaban J connectivity index is 2.87. The van der Waals surface area contributed by atoms with E-state index in [1.807, 2.05) is 13.8 Å². The van der Waals surface area contributed by atoms with Gasteiger partial charge >= 0.3 is 0 Å². The van der Waals surface area contributed by atoms with E-state index in [1.54, 1.807) is 11.4 Å². The minimum Gasteiger partial charge on any atom is -0.326 e. The zero-order valence-corrected chi connectivity index (χ0v) is 11.9. The molecule has 102 valence electrons. The summed E-state index contributed by atoms with van der Waals surface area (Å²) in [5.41, 5.74) is 5.90. The molecule has 1 rings (SSSR count). The molecule has 2 atom stereocenters. The maximum atomic E-state index is 12.4. The Hall–Kier alpha value is -0.170. The van der Waals surface area contributed by atoms with Gasteiger partial charge in [0.15, 0.2) is 0 Å². The van der Waals surface area contributed by atoms with E-state index in [4.69, 9.17) is 5.73 Å². The fraction of sp³-hybridized carbons (Fsp3) is 1.00. The smallest absolute Gasteiger partial charge is 0.282 e. The Morgan fingerprint density at radius 3 is 2.65 bits per heavy atom. The number of rotatable bonds is 5. The summed E-state index contributed by atoms with van der Waals surface area (Å²) in [6.45, 7) is 5.02. The van der Waals surface area contributed by atoms with E-state index in [0.717, 1.165) is 25.7 Å². The molecule has 2 N–H and O–H groups in total. The summed E-state index contributed by atoms with van der Waals surface area (Å²) >= 11 is 0. The van der Waals surface area contributed by atoms with Crippen molar-refractivity contribution in [2.75, 3.05) is 20.1 Å². The SMILES string of the molecule is CCCN(C)S(=O)(=O)N1CCCCC1C(C)N. The van der Waals surface area contributed by atoms with Crippen LogP contribution in [0.4, 0.5) is 0 Å². The van der Waals surface area contributed by atoms with Crippen molar-refractivity contribution in [3.05, 3.63) is 0 Å². The molecule has 1 heterocycles. The highest BCUT2D eigenvalue weighted by Crippen LogP contribution is 2.23. The van der Waals surface area contributed by atoms with Crippen molar-refractivity contribution in [2.45, 2.75) is 51.6 Å². The average molecular weight is 263 g/mol. The molecule has 17 heavy (non-hydrogen) atoms. The van der Waals surface area contributed by atoms with Crippen LogP contribution in [0.1, 0.15) is 39.5 Å². The number of piperidine rings is 1. The Morgan fingerprint density at radius 2 is 2.12 bits per heavy atom. The van der Waals surface area contributed by atoms with Gasteiger partial charge in [-0.15, -0.1) is 0 Å². The van der Waals surface area contributed by atoms with Crippen molar-refractivity contribution in [1.29, 1.82) is 0 Å². The first kappa shape index (κ1) is 14.9. The normalized spacial score (nSPS) is 25.1. The summed E-state index contributed by atoms with van der Waals surface area (Å²) in [7, 11) is -1.69. The van der Waals surface area contributed by atoms with E-state index in [9.17, 15) is 8.42 Å². The van der Waals surface area contributed by atoms with Crippen LogP contribution >= 0.6 is 0 Å². The summed E-state index contributed by atoms with van der Waals surface area (Å²) in [5, 5.41) is 0. The summed E-state index contributed by atoms with van der Waals surface area (Å²) in [5.74, 6) is 0. The largest absolute Gasteiger partial charge is 0.326 e. The van der Waals surface area contributed by atoms with Crippen LogP contribution in [0.2, 0.25) is 0 Å². The van der Waals surface area contributed by atoms with Crippen LogP contribution in [0, 0.1) is 0 Å². The molecule has 1 aliphatic heterocycles. The highest BCUT2D eigenvalue weighted by atomic mass is 32.2. The number of nitrogens with two attached hydrogens (primary N) is 1. The summed E-state index contributed by atoms with van der Waals surface area (Å²) in [6, 6.07) is -0.159. The lowest BCUT2D eigenvalue weighted by Gasteiger charge is -2.38. The third kappa shape index (κ3) is 3.40. The zero-order chi connectivity index (χ0) is 13.1. The van der Waals surface area contributed by atoms with Crippen molar-refractivity contribution in [1.82, 2.24) is 8.61 Å². The molecule has 0 aromatic rings. The maximum absolute atomic E-state index is 12.4. The molecule has 0 aromatic carbocycles. The van der Waals surface area contributed by atoms with Crippen molar-refractivity contribution < 1.29 is 8.42 Å². The van der Waals surface area contributed by atoms with Crippen molar-refractivity contribution in [3.63, 3.8) is 0 Å². The van der Waals surface area contributed by atoms with Gasteiger partial charge in [0.05, 0.1) is 0 Å².